The van der Waals surface area contributed by atoms with Crippen LogP contribution in [0.25, 0.3) is 0 Å². The number of ketones is 1. The number of rotatable bonds is 6. The van der Waals surface area contributed by atoms with Gasteiger partial charge in [0.25, 0.3) is 0 Å². The standard InChI is InChI=1S/C22H34O7/c1-5-6-15(23)8-10-18(24)25-19-14(3)17-9-7-13(2)16-11-12-21(4)27-20(26-19)22(16,17)29-28-21/h13-14,16-17,19-20H,5-12H2,1-4H3/t13-,14-,16+,17+,19-,20-,21-,22-/m1/s1. The van der Waals surface area contributed by atoms with Crippen molar-refractivity contribution in [2.24, 2.45) is 23.7 Å². The van der Waals surface area contributed by atoms with Crippen LogP contribution in [0.3, 0.4) is 0 Å². The fourth-order valence-corrected chi connectivity index (χ4v) is 5.84. The zero-order chi connectivity index (χ0) is 20.8. The first-order valence-electron chi connectivity index (χ1n) is 11.2. The molecular formula is C22H34O7. The molecule has 1 aliphatic carbocycles. The van der Waals surface area contributed by atoms with E-state index in [1.807, 2.05) is 20.8 Å². The maximum absolute atomic E-state index is 12.4. The summed E-state index contributed by atoms with van der Waals surface area (Å²) in [6.07, 6.45) is 4.02. The molecule has 0 unspecified atom stereocenters. The fraction of sp³-hybridized carbons (Fsp3) is 0.909. The van der Waals surface area contributed by atoms with E-state index in [0.29, 0.717) is 12.3 Å². The molecule has 0 aromatic rings. The molecule has 2 bridgehead atoms. The Hall–Kier alpha value is -1.02. The normalized spacial score (nSPS) is 45.9. The van der Waals surface area contributed by atoms with Gasteiger partial charge in [0.1, 0.15) is 5.78 Å². The second-order valence-electron chi connectivity index (χ2n) is 9.55. The molecule has 8 atom stereocenters. The van der Waals surface area contributed by atoms with E-state index in [4.69, 9.17) is 24.0 Å². The molecule has 0 amide bonds. The van der Waals surface area contributed by atoms with Crippen molar-refractivity contribution in [1.29, 1.82) is 0 Å². The van der Waals surface area contributed by atoms with E-state index in [1.54, 1.807) is 0 Å². The highest BCUT2D eigenvalue weighted by molar-refractivity contribution is 5.82. The molecule has 1 saturated carbocycles. The third-order valence-electron chi connectivity index (χ3n) is 7.48. The first kappa shape index (κ1) is 21.2. The van der Waals surface area contributed by atoms with Gasteiger partial charge in [0, 0.05) is 31.1 Å². The Balaban J connectivity index is 1.50. The highest BCUT2D eigenvalue weighted by atomic mass is 17.3. The highest BCUT2D eigenvalue weighted by Crippen LogP contribution is 2.60. The lowest BCUT2D eigenvalue weighted by Crippen LogP contribution is -2.70. The number of Topliss-reactive ketones (excluding diaryl/α,β-unsaturated/α-hetero) is 1. The minimum atomic E-state index is -0.848. The first-order valence-corrected chi connectivity index (χ1v) is 11.2. The van der Waals surface area contributed by atoms with Crippen molar-refractivity contribution in [2.45, 2.75) is 103 Å². The third-order valence-corrected chi connectivity index (χ3v) is 7.48. The predicted molar refractivity (Wildman–Crippen MR) is 102 cm³/mol. The fourth-order valence-electron chi connectivity index (χ4n) is 5.84. The van der Waals surface area contributed by atoms with E-state index in [-0.39, 0.29) is 36.4 Å². The number of carbonyl (C=O) groups is 2. The second-order valence-corrected chi connectivity index (χ2v) is 9.55. The SMILES string of the molecule is CCCC(=O)CCC(=O)O[C@@H]1O[C@@H]2O[C@@]3(C)CC[C@H]4[C@H](C)CC[C@@H]([C@H]1C)[C@@]24OO3. The average molecular weight is 411 g/mol. The van der Waals surface area contributed by atoms with E-state index < -0.39 is 29.9 Å². The number of carbonyl (C=O) groups excluding carboxylic acids is 2. The van der Waals surface area contributed by atoms with Gasteiger partial charge in [-0.25, -0.2) is 9.78 Å². The first-order chi connectivity index (χ1) is 13.8. The van der Waals surface area contributed by atoms with Crippen molar-refractivity contribution in [2.75, 3.05) is 0 Å². The summed E-state index contributed by atoms with van der Waals surface area (Å²) in [5, 5.41) is 0. The van der Waals surface area contributed by atoms with Crippen LogP contribution in [0.4, 0.5) is 0 Å². The van der Waals surface area contributed by atoms with Crippen LogP contribution in [0.15, 0.2) is 0 Å². The van der Waals surface area contributed by atoms with Crippen LogP contribution in [-0.4, -0.2) is 35.7 Å². The monoisotopic (exact) mass is 410 g/mol. The predicted octanol–water partition coefficient (Wildman–Crippen LogP) is 3.89. The van der Waals surface area contributed by atoms with Crippen LogP contribution in [0.1, 0.15) is 79.1 Å². The van der Waals surface area contributed by atoms with Crippen LogP contribution in [0, 0.1) is 23.7 Å². The van der Waals surface area contributed by atoms with Crippen LogP contribution in [0.5, 0.6) is 0 Å². The summed E-state index contributed by atoms with van der Waals surface area (Å²) in [5.41, 5.74) is -0.660. The molecule has 5 aliphatic rings. The molecule has 0 N–H and O–H groups in total. The summed E-state index contributed by atoms with van der Waals surface area (Å²) in [6.45, 7) is 8.14. The van der Waals surface area contributed by atoms with Gasteiger partial charge in [-0.3, -0.25) is 9.59 Å². The number of hydrogen-bond acceptors (Lipinski definition) is 7. The molecule has 5 rings (SSSR count). The highest BCUT2D eigenvalue weighted by Gasteiger charge is 2.69. The van der Waals surface area contributed by atoms with Gasteiger partial charge in [-0.2, -0.15) is 0 Å². The lowest BCUT2D eigenvalue weighted by atomic mass is 9.58. The number of esters is 1. The van der Waals surface area contributed by atoms with Crippen molar-refractivity contribution in [3.63, 3.8) is 0 Å². The Bertz CT molecular complexity index is 651. The van der Waals surface area contributed by atoms with Gasteiger partial charge in [0.15, 0.2) is 11.9 Å². The van der Waals surface area contributed by atoms with Crippen molar-refractivity contribution >= 4 is 11.8 Å². The Kier molecular flexibility index (Phi) is 5.79. The largest absolute Gasteiger partial charge is 0.435 e. The van der Waals surface area contributed by atoms with Gasteiger partial charge in [-0.1, -0.05) is 20.8 Å². The van der Waals surface area contributed by atoms with Crippen LogP contribution in [-0.2, 0) is 33.6 Å². The van der Waals surface area contributed by atoms with E-state index in [2.05, 4.69) is 6.92 Å². The summed E-state index contributed by atoms with van der Waals surface area (Å²) in [7, 11) is 0. The molecule has 7 nitrogen and oxygen atoms in total. The molecule has 0 aromatic heterocycles. The summed E-state index contributed by atoms with van der Waals surface area (Å²) >= 11 is 0. The lowest BCUT2D eigenvalue weighted by Gasteiger charge is -2.59. The molecule has 4 aliphatic heterocycles. The smallest absolute Gasteiger partial charge is 0.308 e. The van der Waals surface area contributed by atoms with Crippen molar-refractivity contribution in [3.05, 3.63) is 0 Å². The minimum Gasteiger partial charge on any atom is -0.435 e. The van der Waals surface area contributed by atoms with Gasteiger partial charge >= 0.3 is 5.97 Å². The Morgan fingerprint density at radius 1 is 1.03 bits per heavy atom. The van der Waals surface area contributed by atoms with Crippen molar-refractivity contribution in [1.82, 2.24) is 0 Å². The van der Waals surface area contributed by atoms with Crippen molar-refractivity contribution < 1.29 is 33.6 Å². The zero-order valence-electron chi connectivity index (χ0n) is 18.0. The molecule has 7 heteroatoms. The van der Waals surface area contributed by atoms with E-state index >= 15 is 0 Å². The Morgan fingerprint density at radius 2 is 1.83 bits per heavy atom. The molecule has 0 radical (unpaired) electrons. The quantitative estimate of drug-likeness (QED) is 0.485. The molecule has 5 fully saturated rings. The minimum absolute atomic E-state index is 0.0498. The van der Waals surface area contributed by atoms with Gasteiger partial charge in [0.2, 0.25) is 12.1 Å². The summed E-state index contributed by atoms with van der Waals surface area (Å²) in [5.74, 6) is -0.324. The van der Waals surface area contributed by atoms with Gasteiger partial charge in [0.05, 0.1) is 6.42 Å². The van der Waals surface area contributed by atoms with Crippen LogP contribution < -0.4 is 0 Å². The number of fused-ring (bicyclic) bond motifs is 2. The molecule has 0 aromatic carbocycles. The summed E-state index contributed by atoms with van der Waals surface area (Å²) < 4.78 is 18.2. The summed E-state index contributed by atoms with van der Waals surface area (Å²) in [6, 6.07) is 0. The van der Waals surface area contributed by atoms with E-state index in [1.165, 1.54) is 0 Å². The maximum atomic E-state index is 12.4. The van der Waals surface area contributed by atoms with Gasteiger partial charge < -0.3 is 14.2 Å². The van der Waals surface area contributed by atoms with Crippen molar-refractivity contribution in [3.8, 4) is 0 Å². The molecule has 164 valence electrons. The van der Waals surface area contributed by atoms with Gasteiger partial charge in [-0.15, -0.1) is 0 Å². The topological polar surface area (TPSA) is 80.3 Å². The second kappa shape index (κ2) is 7.91. The molecular weight excluding hydrogens is 376 g/mol. The lowest BCUT2D eigenvalue weighted by molar-refractivity contribution is -0.576. The average Bonchev–Trinajstić information content (AvgIpc) is 2.90. The summed E-state index contributed by atoms with van der Waals surface area (Å²) in [4.78, 5) is 36.0. The Morgan fingerprint density at radius 3 is 2.59 bits per heavy atom. The zero-order valence-corrected chi connectivity index (χ0v) is 18.0. The Labute approximate surface area is 172 Å². The maximum Gasteiger partial charge on any atom is 0.308 e. The third kappa shape index (κ3) is 3.64. The van der Waals surface area contributed by atoms with E-state index in [9.17, 15) is 9.59 Å². The number of hydrogen-bond donors (Lipinski definition) is 0. The molecule has 4 heterocycles. The van der Waals surface area contributed by atoms with E-state index in [0.717, 1.165) is 32.1 Å². The van der Waals surface area contributed by atoms with Gasteiger partial charge in [-0.05, 0) is 44.4 Å². The molecule has 29 heavy (non-hydrogen) atoms. The van der Waals surface area contributed by atoms with Crippen LogP contribution in [0.2, 0.25) is 0 Å². The molecule has 1 spiro atoms. The number of ether oxygens (including phenoxy) is 3. The molecule has 4 saturated heterocycles. The van der Waals surface area contributed by atoms with Crippen LogP contribution >= 0.6 is 0 Å².